The Hall–Kier alpha value is -1.44. The van der Waals surface area contributed by atoms with E-state index in [4.69, 9.17) is 5.84 Å². The molecule has 7 heteroatoms. The summed E-state index contributed by atoms with van der Waals surface area (Å²) in [6.07, 6.45) is -4.39. The lowest BCUT2D eigenvalue weighted by Gasteiger charge is -2.18. The summed E-state index contributed by atoms with van der Waals surface area (Å²) in [6.45, 7) is 0. The maximum atomic E-state index is 13.2. The van der Waals surface area contributed by atoms with Gasteiger partial charge >= 0.3 is 6.18 Å². The second-order valence-electron chi connectivity index (χ2n) is 4.39. The second-order valence-corrected chi connectivity index (χ2v) is 5.25. The molecule has 0 spiro atoms. The topological polar surface area (TPSA) is 38.0 Å². The van der Waals surface area contributed by atoms with Crippen molar-refractivity contribution in [1.29, 1.82) is 0 Å². The van der Waals surface area contributed by atoms with Crippen LogP contribution in [0.25, 0.3) is 0 Å². The zero-order valence-corrected chi connectivity index (χ0v) is 12.2. The number of hydrazine groups is 1. The summed E-state index contributed by atoms with van der Waals surface area (Å²) in [4.78, 5) is 0. The van der Waals surface area contributed by atoms with E-state index in [0.717, 1.165) is 12.1 Å². The highest BCUT2D eigenvalue weighted by molar-refractivity contribution is 9.10. The maximum Gasteiger partial charge on any atom is 0.416 e. The molecule has 0 amide bonds. The molecule has 3 N–H and O–H groups in total. The molecule has 0 aromatic heterocycles. The molecule has 0 aliphatic rings. The fraction of sp³-hybridized carbons (Fsp3) is 0.143. The summed E-state index contributed by atoms with van der Waals surface area (Å²) in [5.41, 5.74) is 2.96. The van der Waals surface area contributed by atoms with Crippen LogP contribution in [-0.2, 0) is 6.18 Å². The van der Waals surface area contributed by atoms with Gasteiger partial charge in [0.1, 0.15) is 5.82 Å². The van der Waals surface area contributed by atoms with Gasteiger partial charge in [0.05, 0.1) is 16.1 Å². The molecule has 1 atom stereocenters. The maximum absolute atomic E-state index is 13.2. The summed E-state index contributed by atoms with van der Waals surface area (Å²) < 4.78 is 51.1. The third-order valence-electron chi connectivity index (χ3n) is 3.02. The normalized spacial score (nSPS) is 13.2. The minimum Gasteiger partial charge on any atom is -0.271 e. The lowest BCUT2D eigenvalue weighted by molar-refractivity contribution is -0.137. The zero-order chi connectivity index (χ0) is 15.6. The lowest BCUT2D eigenvalue weighted by atomic mass is 9.98. The zero-order valence-electron chi connectivity index (χ0n) is 10.6. The van der Waals surface area contributed by atoms with Crippen LogP contribution in [0, 0.1) is 5.82 Å². The van der Waals surface area contributed by atoms with Gasteiger partial charge < -0.3 is 0 Å². The van der Waals surface area contributed by atoms with Crippen molar-refractivity contribution in [3.05, 3.63) is 69.4 Å². The van der Waals surface area contributed by atoms with Crippen molar-refractivity contribution < 1.29 is 17.6 Å². The van der Waals surface area contributed by atoms with E-state index < -0.39 is 23.6 Å². The number of alkyl halides is 3. The molecular formula is C14H11BrF4N2. The first-order valence-corrected chi connectivity index (χ1v) is 6.70. The monoisotopic (exact) mass is 362 g/mol. The van der Waals surface area contributed by atoms with Crippen LogP contribution in [0.4, 0.5) is 17.6 Å². The van der Waals surface area contributed by atoms with Crippen molar-refractivity contribution in [2.75, 3.05) is 0 Å². The van der Waals surface area contributed by atoms with Gasteiger partial charge in [-0.15, -0.1) is 0 Å². The molecule has 0 saturated heterocycles. The van der Waals surface area contributed by atoms with Gasteiger partial charge in [0.25, 0.3) is 0 Å². The van der Waals surface area contributed by atoms with Gasteiger partial charge in [0.2, 0.25) is 0 Å². The van der Waals surface area contributed by atoms with E-state index >= 15 is 0 Å². The molecule has 2 aromatic carbocycles. The van der Waals surface area contributed by atoms with Crippen LogP contribution in [0.3, 0.4) is 0 Å². The number of hydrogen-bond acceptors (Lipinski definition) is 2. The first-order chi connectivity index (χ1) is 9.82. The van der Waals surface area contributed by atoms with Crippen molar-refractivity contribution in [3.8, 4) is 0 Å². The van der Waals surface area contributed by atoms with Crippen molar-refractivity contribution >= 4 is 15.9 Å². The number of nitrogens with one attached hydrogen (secondary N) is 1. The Morgan fingerprint density at radius 1 is 1.00 bits per heavy atom. The SMILES string of the molecule is NNC(c1ccc(C(F)(F)F)cc1)c1ccc(F)c(Br)c1. The van der Waals surface area contributed by atoms with E-state index in [-0.39, 0.29) is 4.47 Å². The average Bonchev–Trinajstić information content (AvgIpc) is 2.43. The van der Waals surface area contributed by atoms with E-state index in [1.165, 1.54) is 30.3 Å². The fourth-order valence-corrected chi connectivity index (χ4v) is 2.34. The van der Waals surface area contributed by atoms with E-state index in [2.05, 4.69) is 21.4 Å². The van der Waals surface area contributed by atoms with E-state index in [9.17, 15) is 17.6 Å². The Morgan fingerprint density at radius 2 is 1.57 bits per heavy atom. The Kier molecular flexibility index (Phi) is 4.65. The molecule has 2 rings (SSSR count). The molecule has 21 heavy (non-hydrogen) atoms. The summed E-state index contributed by atoms with van der Waals surface area (Å²) in [6, 6.07) is 8.41. The van der Waals surface area contributed by atoms with Crippen LogP contribution in [0.15, 0.2) is 46.9 Å². The quantitative estimate of drug-likeness (QED) is 0.488. The minimum absolute atomic E-state index is 0.257. The van der Waals surface area contributed by atoms with Crippen molar-refractivity contribution in [2.24, 2.45) is 5.84 Å². The number of nitrogens with two attached hydrogens (primary N) is 1. The highest BCUT2D eigenvalue weighted by Crippen LogP contribution is 2.31. The Balaban J connectivity index is 2.35. The highest BCUT2D eigenvalue weighted by atomic mass is 79.9. The molecule has 0 heterocycles. The molecule has 0 aliphatic heterocycles. The molecule has 0 radical (unpaired) electrons. The first kappa shape index (κ1) is 15.9. The van der Waals surface area contributed by atoms with Crippen LogP contribution in [0.1, 0.15) is 22.7 Å². The molecule has 0 saturated carbocycles. The predicted octanol–water partition coefficient (Wildman–Crippen LogP) is 4.16. The van der Waals surface area contributed by atoms with Crippen LogP contribution >= 0.6 is 15.9 Å². The number of halogens is 5. The third-order valence-corrected chi connectivity index (χ3v) is 3.62. The smallest absolute Gasteiger partial charge is 0.271 e. The molecule has 0 fully saturated rings. The largest absolute Gasteiger partial charge is 0.416 e. The number of hydrogen-bond donors (Lipinski definition) is 2. The minimum atomic E-state index is -4.39. The Labute approximate surface area is 127 Å². The number of rotatable bonds is 3. The predicted molar refractivity (Wildman–Crippen MR) is 74.7 cm³/mol. The molecule has 2 aromatic rings. The molecule has 0 bridgehead atoms. The van der Waals surface area contributed by atoms with Gasteiger partial charge in [0.15, 0.2) is 0 Å². The molecule has 112 valence electrons. The van der Waals surface area contributed by atoms with Crippen LogP contribution < -0.4 is 11.3 Å². The fourth-order valence-electron chi connectivity index (χ4n) is 1.94. The standard InChI is InChI=1S/C14H11BrF4N2/c15-11-7-9(3-6-12(11)16)13(21-20)8-1-4-10(5-2-8)14(17,18)19/h1-7,13,21H,20H2. The Morgan fingerprint density at radius 3 is 2.05 bits per heavy atom. The van der Waals surface area contributed by atoms with E-state index in [1.54, 1.807) is 0 Å². The summed E-state index contributed by atoms with van der Waals surface area (Å²) in [5, 5.41) is 0. The first-order valence-electron chi connectivity index (χ1n) is 5.91. The van der Waals surface area contributed by atoms with Gasteiger partial charge in [-0.1, -0.05) is 18.2 Å². The van der Waals surface area contributed by atoms with Gasteiger partial charge in [-0.05, 0) is 51.3 Å². The molecule has 2 nitrogen and oxygen atoms in total. The van der Waals surface area contributed by atoms with Crippen LogP contribution in [0.5, 0.6) is 0 Å². The van der Waals surface area contributed by atoms with E-state index in [1.807, 2.05) is 0 Å². The van der Waals surface area contributed by atoms with Crippen molar-refractivity contribution in [3.63, 3.8) is 0 Å². The van der Waals surface area contributed by atoms with Crippen molar-refractivity contribution in [2.45, 2.75) is 12.2 Å². The molecule has 0 aliphatic carbocycles. The molecule has 1 unspecified atom stereocenters. The Bertz CT molecular complexity index is 626. The van der Waals surface area contributed by atoms with E-state index in [0.29, 0.717) is 11.1 Å². The third kappa shape index (κ3) is 3.61. The summed E-state index contributed by atoms with van der Waals surface area (Å²) >= 11 is 3.06. The second kappa shape index (κ2) is 6.13. The lowest BCUT2D eigenvalue weighted by Crippen LogP contribution is -2.29. The van der Waals surface area contributed by atoms with Gasteiger partial charge in [-0.25, -0.2) is 9.82 Å². The van der Waals surface area contributed by atoms with Crippen molar-refractivity contribution in [1.82, 2.24) is 5.43 Å². The van der Waals surface area contributed by atoms with Gasteiger partial charge in [-0.2, -0.15) is 13.2 Å². The number of benzene rings is 2. The van der Waals surface area contributed by atoms with Gasteiger partial charge in [-0.3, -0.25) is 5.84 Å². The molecular weight excluding hydrogens is 352 g/mol. The average molecular weight is 363 g/mol. The van der Waals surface area contributed by atoms with Crippen LogP contribution in [0.2, 0.25) is 0 Å². The highest BCUT2D eigenvalue weighted by Gasteiger charge is 2.30. The summed E-state index contributed by atoms with van der Waals surface area (Å²) in [5.74, 6) is 5.04. The van der Waals surface area contributed by atoms with Gasteiger partial charge in [0, 0.05) is 0 Å². The van der Waals surface area contributed by atoms with Crippen LogP contribution in [-0.4, -0.2) is 0 Å². The summed E-state index contributed by atoms with van der Waals surface area (Å²) in [7, 11) is 0.